The molecule has 8 heteroatoms. The highest BCUT2D eigenvalue weighted by Crippen LogP contribution is 2.26. The molecule has 4 heterocycles. The Kier molecular flexibility index (Phi) is 5.86. The molecule has 1 aliphatic rings. The van der Waals surface area contributed by atoms with Crippen molar-refractivity contribution in [3.05, 3.63) is 69.2 Å². The molecule has 32 heavy (non-hydrogen) atoms. The molecule has 168 valence electrons. The number of furan rings is 1. The molecule has 0 radical (unpaired) electrons. The van der Waals surface area contributed by atoms with Gasteiger partial charge < -0.3 is 14.6 Å². The smallest absolute Gasteiger partial charge is 0.269 e. The molecule has 8 nitrogen and oxygen atoms in total. The minimum Gasteiger partial charge on any atom is -0.466 e. The predicted octanol–water partition coefficient (Wildman–Crippen LogP) is 3.02. The number of nitrogens with one attached hydrogen (secondary N) is 1. The van der Waals surface area contributed by atoms with E-state index in [2.05, 4.69) is 15.4 Å². The summed E-state index contributed by atoms with van der Waals surface area (Å²) in [7, 11) is 1.78. The van der Waals surface area contributed by atoms with E-state index < -0.39 is 0 Å². The molecule has 0 atom stereocenters. The largest absolute Gasteiger partial charge is 0.466 e. The second-order valence-corrected chi connectivity index (χ2v) is 8.31. The van der Waals surface area contributed by atoms with E-state index in [1.54, 1.807) is 17.8 Å². The van der Waals surface area contributed by atoms with Crippen molar-refractivity contribution in [2.24, 2.45) is 7.05 Å². The van der Waals surface area contributed by atoms with Crippen LogP contribution in [0.15, 0.2) is 22.7 Å². The van der Waals surface area contributed by atoms with Crippen LogP contribution < -0.4 is 5.32 Å². The SMILES string of the molecule is CCc1cc(C(=O)NCc2c(C)ncc3c2CCN(C(=O)c2cc(C)oc2C)C3)n(C)n1. The standard InChI is InChI=1S/C24H29N5O3/c1-6-18-10-22(28(5)27-18)23(30)26-12-21-15(3)25-11-17-13-29(8-7-19(17)21)24(31)20-9-14(2)32-16(20)4/h9-11H,6-8,12-13H2,1-5H3,(H,26,30). The molecule has 0 unspecified atom stereocenters. The van der Waals surface area contributed by atoms with Gasteiger partial charge in [-0.05, 0) is 62.4 Å². The molecule has 4 rings (SSSR count). The maximum absolute atomic E-state index is 13.0. The molecular weight excluding hydrogens is 406 g/mol. The molecule has 0 aromatic carbocycles. The summed E-state index contributed by atoms with van der Waals surface area (Å²) in [5.74, 6) is 1.20. The molecule has 0 spiro atoms. The lowest BCUT2D eigenvalue weighted by Crippen LogP contribution is -2.37. The first-order valence-electron chi connectivity index (χ1n) is 10.9. The Morgan fingerprint density at radius 3 is 2.66 bits per heavy atom. The fourth-order valence-electron chi connectivity index (χ4n) is 4.31. The maximum atomic E-state index is 13.0. The average Bonchev–Trinajstić information content (AvgIpc) is 3.32. The lowest BCUT2D eigenvalue weighted by molar-refractivity contribution is 0.0732. The van der Waals surface area contributed by atoms with Gasteiger partial charge in [0, 0.05) is 38.6 Å². The molecule has 1 aliphatic heterocycles. The number of carbonyl (C=O) groups excluding carboxylic acids is 2. The first kappa shape index (κ1) is 21.8. The number of fused-ring (bicyclic) bond motifs is 1. The van der Waals surface area contributed by atoms with Crippen molar-refractivity contribution in [1.29, 1.82) is 0 Å². The van der Waals surface area contributed by atoms with Crippen molar-refractivity contribution in [1.82, 2.24) is 25.0 Å². The van der Waals surface area contributed by atoms with Crippen molar-refractivity contribution in [2.75, 3.05) is 6.54 Å². The lowest BCUT2D eigenvalue weighted by Gasteiger charge is -2.30. The number of aromatic nitrogens is 3. The van der Waals surface area contributed by atoms with E-state index in [4.69, 9.17) is 4.42 Å². The van der Waals surface area contributed by atoms with Crippen LogP contribution in [-0.2, 0) is 33.0 Å². The highest BCUT2D eigenvalue weighted by atomic mass is 16.3. The molecule has 1 N–H and O–H groups in total. The van der Waals surface area contributed by atoms with Gasteiger partial charge in [-0.2, -0.15) is 5.10 Å². The van der Waals surface area contributed by atoms with Crippen molar-refractivity contribution < 1.29 is 14.0 Å². The number of hydrogen-bond donors (Lipinski definition) is 1. The first-order valence-corrected chi connectivity index (χ1v) is 10.9. The van der Waals surface area contributed by atoms with Gasteiger partial charge in [0.05, 0.1) is 11.3 Å². The minimum atomic E-state index is -0.157. The van der Waals surface area contributed by atoms with E-state index in [1.807, 2.05) is 44.9 Å². The third-order valence-electron chi connectivity index (χ3n) is 6.11. The van der Waals surface area contributed by atoms with Gasteiger partial charge in [0.25, 0.3) is 11.8 Å². The van der Waals surface area contributed by atoms with Gasteiger partial charge in [0.15, 0.2) is 0 Å². The zero-order valence-electron chi connectivity index (χ0n) is 19.3. The topological polar surface area (TPSA) is 93.3 Å². The number of rotatable bonds is 5. The van der Waals surface area contributed by atoms with Gasteiger partial charge in [0.1, 0.15) is 17.2 Å². The normalized spacial score (nSPS) is 13.2. The monoisotopic (exact) mass is 435 g/mol. The van der Waals surface area contributed by atoms with Crippen molar-refractivity contribution in [3.8, 4) is 0 Å². The second-order valence-electron chi connectivity index (χ2n) is 8.31. The lowest BCUT2D eigenvalue weighted by atomic mass is 9.94. The molecule has 0 fully saturated rings. The fourth-order valence-corrected chi connectivity index (χ4v) is 4.31. The Morgan fingerprint density at radius 2 is 2.00 bits per heavy atom. The minimum absolute atomic E-state index is 0.0247. The summed E-state index contributed by atoms with van der Waals surface area (Å²) in [6.07, 6.45) is 3.35. The molecule has 2 amide bonds. The molecule has 3 aromatic rings. The van der Waals surface area contributed by atoms with Gasteiger partial charge in [-0.1, -0.05) is 6.92 Å². The summed E-state index contributed by atoms with van der Waals surface area (Å²) in [5, 5.41) is 7.37. The number of carbonyl (C=O) groups is 2. The van der Waals surface area contributed by atoms with Crippen LogP contribution in [-0.4, -0.2) is 38.0 Å². The van der Waals surface area contributed by atoms with Gasteiger partial charge in [-0.25, -0.2) is 0 Å². The van der Waals surface area contributed by atoms with Crippen LogP contribution in [0.4, 0.5) is 0 Å². The Bertz CT molecular complexity index is 1190. The first-order chi connectivity index (χ1) is 15.3. The van der Waals surface area contributed by atoms with Crippen LogP contribution in [0.5, 0.6) is 0 Å². The zero-order chi connectivity index (χ0) is 23.0. The van der Waals surface area contributed by atoms with E-state index >= 15 is 0 Å². The van der Waals surface area contributed by atoms with Crippen LogP contribution in [0.25, 0.3) is 0 Å². The van der Waals surface area contributed by atoms with Gasteiger partial charge >= 0.3 is 0 Å². The molecular formula is C24H29N5O3. The molecule has 0 bridgehead atoms. The van der Waals surface area contributed by atoms with E-state index in [1.165, 1.54) is 5.56 Å². The van der Waals surface area contributed by atoms with Crippen LogP contribution in [0, 0.1) is 20.8 Å². The highest BCUT2D eigenvalue weighted by molar-refractivity contribution is 5.95. The fraction of sp³-hybridized carbons (Fsp3) is 0.417. The molecule has 0 aliphatic carbocycles. The highest BCUT2D eigenvalue weighted by Gasteiger charge is 2.27. The summed E-state index contributed by atoms with van der Waals surface area (Å²) < 4.78 is 7.15. The second kappa shape index (κ2) is 8.61. The molecule has 3 aromatic heterocycles. The number of hydrogen-bond acceptors (Lipinski definition) is 5. The Balaban J connectivity index is 1.51. The van der Waals surface area contributed by atoms with Crippen molar-refractivity contribution in [3.63, 3.8) is 0 Å². The van der Waals surface area contributed by atoms with E-state index in [9.17, 15) is 9.59 Å². The number of aryl methyl sites for hydroxylation is 5. The summed E-state index contributed by atoms with van der Waals surface area (Å²) in [5.41, 5.74) is 6.15. The zero-order valence-corrected chi connectivity index (χ0v) is 19.3. The number of nitrogens with zero attached hydrogens (tertiary/aromatic N) is 4. The van der Waals surface area contributed by atoms with Crippen molar-refractivity contribution >= 4 is 11.8 Å². The Morgan fingerprint density at radius 1 is 1.22 bits per heavy atom. The summed E-state index contributed by atoms with van der Waals surface area (Å²) in [6.45, 7) is 9.12. The van der Waals surface area contributed by atoms with E-state index in [0.717, 1.165) is 41.1 Å². The van der Waals surface area contributed by atoms with Crippen LogP contribution >= 0.6 is 0 Å². The van der Waals surface area contributed by atoms with Gasteiger partial charge in [0.2, 0.25) is 0 Å². The van der Waals surface area contributed by atoms with Crippen LogP contribution in [0.2, 0.25) is 0 Å². The summed E-state index contributed by atoms with van der Waals surface area (Å²) in [6, 6.07) is 3.62. The molecule has 0 saturated carbocycles. The van der Waals surface area contributed by atoms with Crippen molar-refractivity contribution in [2.45, 2.75) is 53.6 Å². The predicted molar refractivity (Wildman–Crippen MR) is 119 cm³/mol. The summed E-state index contributed by atoms with van der Waals surface area (Å²) in [4.78, 5) is 32.1. The van der Waals surface area contributed by atoms with Crippen LogP contribution in [0.3, 0.4) is 0 Å². The Labute approximate surface area is 187 Å². The Hall–Kier alpha value is -3.42. The van der Waals surface area contributed by atoms with E-state index in [0.29, 0.717) is 36.7 Å². The average molecular weight is 436 g/mol. The maximum Gasteiger partial charge on any atom is 0.269 e. The third-order valence-corrected chi connectivity index (χ3v) is 6.11. The summed E-state index contributed by atoms with van der Waals surface area (Å²) >= 11 is 0. The quantitative estimate of drug-likeness (QED) is 0.665. The number of pyridine rings is 1. The van der Waals surface area contributed by atoms with Crippen LogP contribution in [0.1, 0.15) is 67.4 Å². The molecule has 0 saturated heterocycles. The number of amides is 2. The third kappa shape index (κ3) is 4.04. The van der Waals surface area contributed by atoms with E-state index in [-0.39, 0.29) is 11.8 Å². The van der Waals surface area contributed by atoms with Gasteiger partial charge in [-0.3, -0.25) is 19.3 Å². The van der Waals surface area contributed by atoms with Gasteiger partial charge in [-0.15, -0.1) is 0 Å².